The molecule has 2 aromatic carbocycles. The summed E-state index contributed by atoms with van der Waals surface area (Å²) >= 11 is 0. The molecule has 0 bridgehead atoms. The van der Waals surface area contributed by atoms with Crippen molar-refractivity contribution in [1.29, 1.82) is 0 Å². The zero-order valence-corrected chi connectivity index (χ0v) is 15.2. The molecule has 0 fully saturated rings. The van der Waals surface area contributed by atoms with Crippen molar-refractivity contribution in [2.45, 2.75) is 13.3 Å². The van der Waals surface area contributed by atoms with Crippen molar-refractivity contribution in [3.63, 3.8) is 0 Å². The van der Waals surface area contributed by atoms with E-state index in [1.165, 1.54) is 5.56 Å². The van der Waals surface area contributed by atoms with Crippen LogP contribution in [0.15, 0.2) is 66.9 Å². The number of aromatic nitrogens is 3. The molecule has 0 amide bonds. The van der Waals surface area contributed by atoms with Crippen LogP contribution in [0.3, 0.4) is 0 Å². The summed E-state index contributed by atoms with van der Waals surface area (Å²) < 4.78 is 0. The fourth-order valence-electron chi connectivity index (χ4n) is 3.20. The van der Waals surface area contributed by atoms with E-state index in [1.807, 2.05) is 49.4 Å². The highest BCUT2D eigenvalue weighted by molar-refractivity contribution is 5.94. The zero-order chi connectivity index (χ0) is 18.6. The molecule has 0 saturated carbocycles. The lowest BCUT2D eigenvalue weighted by Crippen LogP contribution is -2.11. The van der Waals surface area contributed by atoms with Gasteiger partial charge in [-0.3, -0.25) is 4.98 Å². The van der Waals surface area contributed by atoms with Gasteiger partial charge in [-0.05, 0) is 31.0 Å². The third-order valence-corrected chi connectivity index (χ3v) is 4.55. The van der Waals surface area contributed by atoms with Crippen LogP contribution in [-0.4, -0.2) is 21.5 Å². The summed E-state index contributed by atoms with van der Waals surface area (Å²) in [5.41, 5.74) is 11.0. The molecule has 0 atom stereocenters. The van der Waals surface area contributed by atoms with E-state index in [2.05, 4.69) is 33.5 Å². The predicted octanol–water partition coefficient (Wildman–Crippen LogP) is 4.24. The molecule has 2 aromatic heterocycles. The zero-order valence-electron chi connectivity index (χ0n) is 15.2. The molecular weight excluding hydrogens is 334 g/mol. The highest BCUT2D eigenvalue weighted by Gasteiger charge is 2.13. The number of nitrogens with one attached hydrogen (secondary N) is 1. The number of hydrogen-bond acceptors (Lipinski definition) is 5. The molecular formula is C22H21N5. The molecule has 4 rings (SSSR count). The van der Waals surface area contributed by atoms with Gasteiger partial charge in [0.15, 0.2) is 11.6 Å². The summed E-state index contributed by atoms with van der Waals surface area (Å²) in [5, 5.41) is 4.39. The summed E-state index contributed by atoms with van der Waals surface area (Å²) in [6.45, 7) is 2.67. The number of aryl methyl sites for hydroxylation is 1. The van der Waals surface area contributed by atoms with Gasteiger partial charge >= 0.3 is 0 Å². The maximum absolute atomic E-state index is 6.11. The topological polar surface area (TPSA) is 76.7 Å². The summed E-state index contributed by atoms with van der Waals surface area (Å²) in [5.74, 6) is 1.04. The normalized spacial score (nSPS) is 10.9. The second-order valence-electron chi connectivity index (χ2n) is 6.43. The third kappa shape index (κ3) is 3.58. The van der Waals surface area contributed by atoms with Crippen molar-refractivity contribution >= 4 is 22.5 Å². The minimum absolute atomic E-state index is 0.419. The maximum atomic E-state index is 6.11. The van der Waals surface area contributed by atoms with Crippen LogP contribution < -0.4 is 11.1 Å². The van der Waals surface area contributed by atoms with Crippen LogP contribution in [0.4, 0.5) is 11.6 Å². The Bertz CT molecular complexity index is 1070. The minimum atomic E-state index is 0.419. The van der Waals surface area contributed by atoms with Gasteiger partial charge in [0.2, 0.25) is 0 Å². The lowest BCUT2D eigenvalue weighted by molar-refractivity contribution is 0.998. The number of nitrogens with two attached hydrogens (primary N) is 1. The molecule has 5 heteroatoms. The Hall–Kier alpha value is -3.47. The quantitative estimate of drug-likeness (QED) is 0.560. The van der Waals surface area contributed by atoms with Gasteiger partial charge in [-0.1, -0.05) is 48.5 Å². The van der Waals surface area contributed by atoms with Crippen molar-refractivity contribution in [2.75, 3.05) is 17.6 Å². The Morgan fingerprint density at radius 3 is 2.63 bits per heavy atom. The molecule has 27 heavy (non-hydrogen) atoms. The van der Waals surface area contributed by atoms with Gasteiger partial charge in [-0.25, -0.2) is 9.97 Å². The summed E-state index contributed by atoms with van der Waals surface area (Å²) in [6.07, 6.45) is 2.69. The molecule has 0 spiro atoms. The first-order valence-corrected chi connectivity index (χ1v) is 8.98. The van der Waals surface area contributed by atoms with E-state index < -0.39 is 0 Å². The molecule has 0 saturated heterocycles. The molecule has 0 unspecified atom stereocenters. The van der Waals surface area contributed by atoms with Crippen LogP contribution in [0.5, 0.6) is 0 Å². The van der Waals surface area contributed by atoms with E-state index >= 15 is 0 Å². The fraction of sp³-hybridized carbons (Fsp3) is 0.136. The Morgan fingerprint density at radius 2 is 1.78 bits per heavy atom. The molecule has 2 heterocycles. The van der Waals surface area contributed by atoms with Crippen molar-refractivity contribution in [2.24, 2.45) is 0 Å². The minimum Gasteiger partial charge on any atom is -0.381 e. The van der Waals surface area contributed by atoms with Crippen LogP contribution in [0, 0.1) is 6.92 Å². The number of anilines is 2. The first kappa shape index (κ1) is 17.0. The van der Waals surface area contributed by atoms with E-state index in [-0.39, 0.29) is 0 Å². The van der Waals surface area contributed by atoms with Crippen LogP contribution in [0.25, 0.3) is 22.2 Å². The monoisotopic (exact) mass is 355 g/mol. The number of nitrogen functional groups attached to an aromatic ring is 1. The number of fused-ring (bicyclic) bond motifs is 1. The van der Waals surface area contributed by atoms with E-state index in [9.17, 15) is 0 Å². The maximum Gasteiger partial charge on any atom is 0.169 e. The molecule has 0 aliphatic rings. The Kier molecular flexibility index (Phi) is 4.66. The molecule has 134 valence electrons. The van der Waals surface area contributed by atoms with Gasteiger partial charge in [0, 0.05) is 23.7 Å². The van der Waals surface area contributed by atoms with Gasteiger partial charge in [0.25, 0.3) is 0 Å². The van der Waals surface area contributed by atoms with Crippen LogP contribution in [0.2, 0.25) is 0 Å². The Balaban J connectivity index is 1.65. The van der Waals surface area contributed by atoms with Crippen molar-refractivity contribution < 1.29 is 0 Å². The smallest absolute Gasteiger partial charge is 0.169 e. The van der Waals surface area contributed by atoms with Crippen LogP contribution in [-0.2, 0) is 6.42 Å². The second kappa shape index (κ2) is 7.41. The summed E-state index contributed by atoms with van der Waals surface area (Å²) in [6, 6.07) is 20.4. The molecule has 3 N–H and O–H groups in total. The lowest BCUT2D eigenvalue weighted by Gasteiger charge is -2.13. The standard InChI is InChI=1S/C22H21N5/c1-15-20(18-9-5-11-19-17(18)10-6-13-24-19)27-22(21(23)26-15)25-14-12-16-7-3-2-4-8-16/h2-11,13H,12,14H2,1H3,(H2,23,26)(H,25,27). The SMILES string of the molecule is Cc1nc(N)c(NCCc2ccccc2)nc1-c1cccc2ncccc12. The Morgan fingerprint density at radius 1 is 0.926 bits per heavy atom. The van der Waals surface area contributed by atoms with E-state index in [0.717, 1.165) is 40.8 Å². The van der Waals surface area contributed by atoms with E-state index in [1.54, 1.807) is 6.20 Å². The third-order valence-electron chi connectivity index (χ3n) is 4.55. The molecule has 0 radical (unpaired) electrons. The molecule has 0 aliphatic carbocycles. The molecule has 4 aromatic rings. The molecule has 5 nitrogen and oxygen atoms in total. The molecule has 0 aliphatic heterocycles. The van der Waals surface area contributed by atoms with Gasteiger partial charge in [0.1, 0.15) is 0 Å². The number of pyridine rings is 1. The first-order chi connectivity index (χ1) is 13.2. The van der Waals surface area contributed by atoms with Crippen LogP contribution in [0.1, 0.15) is 11.3 Å². The van der Waals surface area contributed by atoms with Gasteiger partial charge in [-0.2, -0.15) is 0 Å². The highest BCUT2D eigenvalue weighted by Crippen LogP contribution is 2.30. The average molecular weight is 355 g/mol. The van der Waals surface area contributed by atoms with Crippen molar-refractivity contribution in [3.05, 3.63) is 78.1 Å². The highest BCUT2D eigenvalue weighted by atomic mass is 15.1. The van der Waals surface area contributed by atoms with Gasteiger partial charge in [0.05, 0.1) is 16.9 Å². The van der Waals surface area contributed by atoms with E-state index in [0.29, 0.717) is 11.6 Å². The average Bonchev–Trinajstić information content (AvgIpc) is 2.70. The van der Waals surface area contributed by atoms with Gasteiger partial charge < -0.3 is 11.1 Å². The van der Waals surface area contributed by atoms with Crippen molar-refractivity contribution in [1.82, 2.24) is 15.0 Å². The lowest BCUT2D eigenvalue weighted by atomic mass is 10.0. The van der Waals surface area contributed by atoms with E-state index in [4.69, 9.17) is 10.7 Å². The predicted molar refractivity (Wildman–Crippen MR) is 111 cm³/mol. The number of rotatable bonds is 5. The second-order valence-corrected chi connectivity index (χ2v) is 6.43. The number of hydrogen-bond donors (Lipinski definition) is 2. The number of benzene rings is 2. The first-order valence-electron chi connectivity index (χ1n) is 8.98. The van der Waals surface area contributed by atoms with Crippen molar-refractivity contribution in [3.8, 4) is 11.3 Å². The largest absolute Gasteiger partial charge is 0.381 e. The summed E-state index contributed by atoms with van der Waals surface area (Å²) in [7, 11) is 0. The number of nitrogens with zero attached hydrogens (tertiary/aromatic N) is 3. The fourth-order valence-corrected chi connectivity index (χ4v) is 3.20. The van der Waals surface area contributed by atoms with Crippen LogP contribution >= 0.6 is 0 Å². The Labute approximate surface area is 158 Å². The summed E-state index contributed by atoms with van der Waals surface area (Å²) in [4.78, 5) is 13.7. The van der Waals surface area contributed by atoms with Gasteiger partial charge in [-0.15, -0.1) is 0 Å².